The number of carboxylic acids is 1. The predicted molar refractivity (Wildman–Crippen MR) is 64.8 cm³/mol. The Labute approximate surface area is 108 Å². The van der Waals surface area contributed by atoms with Crippen LogP contribution in [-0.4, -0.2) is 51.2 Å². The van der Waals surface area contributed by atoms with Gasteiger partial charge in [0, 0.05) is 24.4 Å². The fraction of sp³-hybridized carbons (Fsp3) is 0.545. The molecular formula is C11H14N2O4S. The number of amides is 1. The molecule has 0 bridgehead atoms. The lowest BCUT2D eigenvalue weighted by Crippen LogP contribution is -2.30. The zero-order valence-corrected chi connectivity index (χ0v) is 10.7. The summed E-state index contributed by atoms with van der Waals surface area (Å²) in [6.45, 7) is 2.79. The molecule has 18 heavy (non-hydrogen) atoms. The van der Waals surface area contributed by atoms with E-state index in [4.69, 9.17) is 5.11 Å². The second kappa shape index (κ2) is 5.03. The minimum atomic E-state index is -1.13. The van der Waals surface area contributed by atoms with Crippen LogP contribution in [0.25, 0.3) is 0 Å². The van der Waals surface area contributed by atoms with Crippen molar-refractivity contribution in [1.29, 1.82) is 0 Å². The maximum Gasteiger partial charge on any atom is 0.355 e. The third-order valence-electron chi connectivity index (χ3n) is 3.10. The first-order valence-electron chi connectivity index (χ1n) is 5.65. The highest BCUT2D eigenvalue weighted by Crippen LogP contribution is 2.22. The number of hydrogen-bond acceptors (Lipinski definition) is 5. The third kappa shape index (κ3) is 2.51. The van der Waals surface area contributed by atoms with Crippen LogP contribution in [0.2, 0.25) is 0 Å². The van der Waals surface area contributed by atoms with Crippen molar-refractivity contribution in [2.75, 3.05) is 13.1 Å². The number of aromatic carboxylic acids is 1. The molecule has 2 heterocycles. The van der Waals surface area contributed by atoms with Gasteiger partial charge in [-0.05, 0) is 13.3 Å². The average Bonchev–Trinajstić information content (AvgIpc) is 2.97. The summed E-state index contributed by atoms with van der Waals surface area (Å²) in [7, 11) is 0. The van der Waals surface area contributed by atoms with Crippen LogP contribution in [-0.2, 0) is 0 Å². The molecule has 2 unspecified atom stereocenters. The quantitative estimate of drug-likeness (QED) is 0.843. The number of carbonyl (C=O) groups is 2. The monoisotopic (exact) mass is 270 g/mol. The minimum absolute atomic E-state index is 0.0906. The Balaban J connectivity index is 2.05. The van der Waals surface area contributed by atoms with Gasteiger partial charge in [0.05, 0.1) is 6.10 Å². The van der Waals surface area contributed by atoms with Gasteiger partial charge in [0.25, 0.3) is 5.91 Å². The van der Waals surface area contributed by atoms with E-state index in [-0.39, 0.29) is 22.5 Å². The Bertz CT molecular complexity index is 471. The Morgan fingerprint density at radius 1 is 1.61 bits per heavy atom. The normalized spacial score (nSPS) is 21.0. The highest BCUT2D eigenvalue weighted by Gasteiger charge is 2.31. The molecule has 2 rings (SSSR count). The Kier molecular flexibility index (Phi) is 3.63. The van der Waals surface area contributed by atoms with Gasteiger partial charge in [-0.25, -0.2) is 9.78 Å². The van der Waals surface area contributed by atoms with E-state index in [1.807, 2.05) is 0 Å². The summed E-state index contributed by atoms with van der Waals surface area (Å²) in [6.07, 6.45) is 0.328. The molecular weight excluding hydrogens is 256 g/mol. The van der Waals surface area contributed by atoms with Crippen molar-refractivity contribution >= 4 is 23.2 Å². The smallest absolute Gasteiger partial charge is 0.355 e. The molecule has 6 nitrogen and oxygen atoms in total. The highest BCUT2D eigenvalue weighted by atomic mass is 32.1. The highest BCUT2D eigenvalue weighted by molar-refractivity contribution is 7.11. The number of likely N-dealkylation sites (tertiary alicyclic amines) is 1. The predicted octanol–water partition coefficient (Wildman–Crippen LogP) is 0.684. The first kappa shape index (κ1) is 13.0. The fourth-order valence-corrected chi connectivity index (χ4v) is 2.73. The summed E-state index contributed by atoms with van der Waals surface area (Å²) in [4.78, 5) is 28.1. The van der Waals surface area contributed by atoms with E-state index in [9.17, 15) is 14.7 Å². The van der Waals surface area contributed by atoms with Gasteiger partial charge in [-0.2, -0.15) is 0 Å². The second-order valence-corrected chi connectivity index (χ2v) is 5.24. The number of aliphatic hydroxyl groups excluding tert-OH is 1. The number of carboxylic acid groups (broad SMARTS) is 1. The topological polar surface area (TPSA) is 90.7 Å². The third-order valence-corrected chi connectivity index (χ3v) is 3.93. The molecule has 2 atom stereocenters. The first-order chi connectivity index (χ1) is 8.49. The van der Waals surface area contributed by atoms with E-state index in [0.29, 0.717) is 13.1 Å². The number of carbonyl (C=O) groups excluding carboxylic acids is 1. The van der Waals surface area contributed by atoms with Gasteiger partial charge in [-0.1, -0.05) is 0 Å². The fourth-order valence-electron chi connectivity index (χ4n) is 1.97. The van der Waals surface area contributed by atoms with Gasteiger partial charge in [-0.3, -0.25) is 4.79 Å². The van der Waals surface area contributed by atoms with E-state index >= 15 is 0 Å². The summed E-state index contributed by atoms with van der Waals surface area (Å²) in [5, 5.41) is 19.8. The molecule has 1 aromatic rings. The second-order valence-electron chi connectivity index (χ2n) is 4.38. The largest absolute Gasteiger partial charge is 0.476 e. The lowest BCUT2D eigenvalue weighted by molar-refractivity contribution is 0.0691. The molecule has 0 saturated carbocycles. The van der Waals surface area contributed by atoms with Crippen LogP contribution in [0, 0.1) is 5.92 Å². The summed E-state index contributed by atoms with van der Waals surface area (Å²) in [5.41, 5.74) is -0.102. The molecule has 0 aromatic carbocycles. The SMILES string of the molecule is CC(O)C1CCN(C(=O)c2nc(C(=O)O)cs2)C1. The van der Waals surface area contributed by atoms with Gasteiger partial charge in [0.15, 0.2) is 10.7 Å². The van der Waals surface area contributed by atoms with Crippen molar-refractivity contribution in [2.24, 2.45) is 5.92 Å². The first-order valence-corrected chi connectivity index (χ1v) is 6.53. The number of aromatic nitrogens is 1. The Morgan fingerprint density at radius 2 is 2.33 bits per heavy atom. The molecule has 0 spiro atoms. The number of nitrogens with zero attached hydrogens (tertiary/aromatic N) is 2. The van der Waals surface area contributed by atoms with Crippen LogP contribution in [0.1, 0.15) is 33.6 Å². The van der Waals surface area contributed by atoms with Crippen LogP contribution in [0.15, 0.2) is 5.38 Å². The van der Waals surface area contributed by atoms with Crippen LogP contribution in [0.5, 0.6) is 0 Å². The molecule has 2 N–H and O–H groups in total. The summed E-state index contributed by atoms with van der Waals surface area (Å²) in [5.74, 6) is -1.29. The van der Waals surface area contributed by atoms with Crippen molar-refractivity contribution in [1.82, 2.24) is 9.88 Å². The maximum absolute atomic E-state index is 12.1. The van der Waals surface area contributed by atoms with Gasteiger partial charge < -0.3 is 15.1 Å². The van der Waals surface area contributed by atoms with Crippen molar-refractivity contribution in [2.45, 2.75) is 19.4 Å². The van der Waals surface area contributed by atoms with Crippen molar-refractivity contribution in [3.05, 3.63) is 16.1 Å². The van der Waals surface area contributed by atoms with Crippen molar-refractivity contribution in [3.63, 3.8) is 0 Å². The minimum Gasteiger partial charge on any atom is -0.476 e. The Morgan fingerprint density at radius 3 is 2.83 bits per heavy atom. The maximum atomic E-state index is 12.1. The molecule has 1 fully saturated rings. The van der Waals surface area contributed by atoms with Crippen LogP contribution in [0.3, 0.4) is 0 Å². The molecule has 0 aliphatic carbocycles. The molecule has 0 radical (unpaired) electrons. The molecule has 1 aliphatic rings. The summed E-state index contributed by atoms with van der Waals surface area (Å²) >= 11 is 1.04. The number of hydrogen-bond donors (Lipinski definition) is 2. The van der Waals surface area contributed by atoms with Crippen molar-refractivity contribution in [3.8, 4) is 0 Å². The number of thiazole rings is 1. The van der Waals surface area contributed by atoms with E-state index in [0.717, 1.165) is 17.8 Å². The zero-order chi connectivity index (χ0) is 13.3. The molecule has 1 aliphatic heterocycles. The standard InChI is InChI=1S/C11H14N2O4S/c1-6(14)7-2-3-13(4-7)10(15)9-12-8(5-18-9)11(16)17/h5-7,14H,2-4H2,1H3,(H,16,17). The molecule has 1 amide bonds. The number of rotatable bonds is 3. The summed E-state index contributed by atoms with van der Waals surface area (Å²) < 4.78 is 0. The molecule has 1 aromatic heterocycles. The van der Waals surface area contributed by atoms with Crippen LogP contribution < -0.4 is 0 Å². The van der Waals surface area contributed by atoms with Gasteiger partial charge in [0.2, 0.25) is 0 Å². The lowest BCUT2D eigenvalue weighted by atomic mass is 10.0. The molecule has 98 valence electrons. The average molecular weight is 270 g/mol. The van der Waals surface area contributed by atoms with Crippen LogP contribution in [0.4, 0.5) is 0 Å². The van der Waals surface area contributed by atoms with Gasteiger partial charge in [-0.15, -0.1) is 11.3 Å². The van der Waals surface area contributed by atoms with E-state index in [2.05, 4.69) is 4.98 Å². The lowest BCUT2D eigenvalue weighted by Gasteiger charge is -2.16. The van der Waals surface area contributed by atoms with Crippen molar-refractivity contribution < 1.29 is 19.8 Å². The van der Waals surface area contributed by atoms with E-state index < -0.39 is 12.1 Å². The van der Waals surface area contributed by atoms with E-state index in [1.165, 1.54) is 5.38 Å². The van der Waals surface area contributed by atoms with Gasteiger partial charge in [0.1, 0.15) is 0 Å². The zero-order valence-electron chi connectivity index (χ0n) is 9.87. The molecule has 7 heteroatoms. The summed E-state index contributed by atoms with van der Waals surface area (Å²) in [6, 6.07) is 0. The number of aliphatic hydroxyl groups is 1. The Hall–Kier alpha value is -1.47. The van der Waals surface area contributed by atoms with Gasteiger partial charge >= 0.3 is 5.97 Å². The molecule has 1 saturated heterocycles. The van der Waals surface area contributed by atoms with Crippen LogP contribution >= 0.6 is 11.3 Å². The van der Waals surface area contributed by atoms with E-state index in [1.54, 1.807) is 11.8 Å².